The van der Waals surface area contributed by atoms with Crippen molar-refractivity contribution in [3.63, 3.8) is 0 Å². The van der Waals surface area contributed by atoms with Gasteiger partial charge in [0.05, 0.1) is 5.70 Å². The van der Waals surface area contributed by atoms with Crippen molar-refractivity contribution in [1.82, 2.24) is 5.32 Å². The van der Waals surface area contributed by atoms with E-state index in [4.69, 9.17) is 4.42 Å². The van der Waals surface area contributed by atoms with E-state index in [1.165, 1.54) is 0 Å². The lowest BCUT2D eigenvalue weighted by Gasteiger charge is -2.01. The molecule has 13 heavy (non-hydrogen) atoms. The van der Waals surface area contributed by atoms with Gasteiger partial charge < -0.3 is 9.73 Å². The molecule has 3 heteroatoms. The molecule has 0 atom stereocenters. The molecule has 1 heterocycles. The van der Waals surface area contributed by atoms with E-state index in [-0.39, 0.29) is 0 Å². The molecular formula is C10H13NOS. The quantitative estimate of drug-likeness (QED) is 0.747. The van der Waals surface area contributed by atoms with Gasteiger partial charge in [-0.15, -0.1) is 0 Å². The number of hydrogen-bond donors (Lipinski definition) is 1. The molecule has 0 saturated heterocycles. The van der Waals surface area contributed by atoms with Crippen LogP contribution >= 0.6 is 11.8 Å². The van der Waals surface area contributed by atoms with Gasteiger partial charge in [-0.2, -0.15) is 0 Å². The molecule has 1 aromatic rings. The smallest absolute Gasteiger partial charge is 0.160 e. The third-order valence-corrected chi connectivity index (χ3v) is 2.22. The number of hydrogen-bond acceptors (Lipinski definition) is 3. The Balaban J connectivity index is 2.85. The summed E-state index contributed by atoms with van der Waals surface area (Å²) in [6.45, 7) is 5.55. The molecule has 0 bridgehead atoms. The van der Waals surface area contributed by atoms with E-state index in [2.05, 4.69) is 11.9 Å². The van der Waals surface area contributed by atoms with Gasteiger partial charge in [-0.25, -0.2) is 0 Å². The molecule has 0 aliphatic heterocycles. The van der Waals surface area contributed by atoms with Gasteiger partial charge >= 0.3 is 0 Å². The average molecular weight is 195 g/mol. The van der Waals surface area contributed by atoms with Crippen molar-refractivity contribution < 1.29 is 4.42 Å². The first-order valence-corrected chi connectivity index (χ1v) is 5.22. The number of rotatable bonds is 4. The zero-order chi connectivity index (χ0) is 9.68. The van der Waals surface area contributed by atoms with E-state index in [9.17, 15) is 0 Å². The van der Waals surface area contributed by atoms with E-state index >= 15 is 0 Å². The van der Waals surface area contributed by atoms with Crippen LogP contribution in [-0.2, 0) is 0 Å². The normalized spacial score (nSPS) is 11.4. The van der Waals surface area contributed by atoms with Crippen molar-refractivity contribution in [1.29, 1.82) is 0 Å². The first kappa shape index (κ1) is 9.99. The van der Waals surface area contributed by atoms with Crippen LogP contribution in [0.5, 0.6) is 0 Å². The Morgan fingerprint density at radius 1 is 1.62 bits per heavy atom. The molecule has 70 valence electrons. The maximum absolute atomic E-state index is 5.52. The summed E-state index contributed by atoms with van der Waals surface area (Å²) in [6.07, 6.45) is 5.57. The molecule has 2 nitrogen and oxygen atoms in total. The number of furan rings is 1. The van der Waals surface area contributed by atoms with Crippen molar-refractivity contribution in [3.05, 3.63) is 36.7 Å². The van der Waals surface area contributed by atoms with E-state index < -0.39 is 0 Å². The minimum absolute atomic E-state index is 0.840. The minimum Gasteiger partial charge on any atom is -0.448 e. The van der Waals surface area contributed by atoms with Gasteiger partial charge in [0, 0.05) is 0 Å². The lowest BCUT2D eigenvalue weighted by Crippen LogP contribution is -2.01. The van der Waals surface area contributed by atoms with Crippen LogP contribution in [0.1, 0.15) is 12.7 Å². The number of allylic oxidation sites excluding steroid dienone is 1. The van der Waals surface area contributed by atoms with Crippen LogP contribution in [0.15, 0.2) is 40.5 Å². The van der Waals surface area contributed by atoms with Crippen molar-refractivity contribution in [2.24, 2.45) is 0 Å². The van der Waals surface area contributed by atoms with Crippen molar-refractivity contribution in [2.75, 3.05) is 6.26 Å². The fourth-order valence-corrected chi connectivity index (χ4v) is 1.36. The van der Waals surface area contributed by atoms with Gasteiger partial charge in [0.25, 0.3) is 0 Å². The highest BCUT2D eigenvalue weighted by Gasteiger charge is 2.03. The van der Waals surface area contributed by atoms with Gasteiger partial charge in [0.15, 0.2) is 10.9 Å². The van der Waals surface area contributed by atoms with Crippen molar-refractivity contribution >= 4 is 17.5 Å². The Kier molecular flexibility index (Phi) is 3.71. The predicted octanol–water partition coefficient (Wildman–Crippen LogP) is 3.10. The van der Waals surface area contributed by atoms with E-state index in [1.807, 2.05) is 31.4 Å². The summed E-state index contributed by atoms with van der Waals surface area (Å²) in [5, 5.41) is 3.92. The molecular weight excluding hydrogens is 182 g/mol. The lowest BCUT2D eigenvalue weighted by atomic mass is 10.3. The highest BCUT2D eigenvalue weighted by atomic mass is 32.2. The van der Waals surface area contributed by atoms with Gasteiger partial charge in [-0.3, -0.25) is 0 Å². The van der Waals surface area contributed by atoms with Crippen molar-refractivity contribution in [3.8, 4) is 0 Å². The topological polar surface area (TPSA) is 25.2 Å². The molecule has 1 rings (SSSR count). The third-order valence-electron chi connectivity index (χ3n) is 1.59. The molecule has 0 spiro atoms. The lowest BCUT2D eigenvalue weighted by molar-refractivity contribution is 0.461. The Bertz CT molecular complexity index is 314. The largest absolute Gasteiger partial charge is 0.448 e. The van der Waals surface area contributed by atoms with Crippen LogP contribution < -0.4 is 5.32 Å². The molecule has 0 aliphatic carbocycles. The molecule has 1 aromatic heterocycles. The summed E-state index contributed by atoms with van der Waals surface area (Å²) in [7, 11) is 0. The van der Waals surface area contributed by atoms with Crippen LogP contribution in [0.3, 0.4) is 0 Å². The molecule has 0 aromatic carbocycles. The van der Waals surface area contributed by atoms with Gasteiger partial charge in [-0.1, -0.05) is 24.4 Å². The van der Waals surface area contributed by atoms with Gasteiger partial charge in [0.1, 0.15) is 0 Å². The predicted molar refractivity (Wildman–Crippen MR) is 57.5 cm³/mol. The summed E-state index contributed by atoms with van der Waals surface area (Å²) in [6, 6.07) is 3.89. The van der Waals surface area contributed by atoms with E-state index in [1.54, 1.807) is 18.0 Å². The third kappa shape index (κ3) is 2.42. The van der Waals surface area contributed by atoms with Crippen LogP contribution in [0.4, 0.5) is 0 Å². The zero-order valence-corrected chi connectivity index (χ0v) is 8.65. The second-order valence-corrected chi connectivity index (χ2v) is 3.18. The van der Waals surface area contributed by atoms with Crippen molar-refractivity contribution in [2.45, 2.75) is 12.0 Å². The van der Waals surface area contributed by atoms with Gasteiger partial charge in [0.2, 0.25) is 0 Å². The zero-order valence-electron chi connectivity index (χ0n) is 7.83. The summed E-state index contributed by atoms with van der Waals surface area (Å²) in [5.74, 6) is 0.840. The summed E-state index contributed by atoms with van der Waals surface area (Å²) >= 11 is 1.59. The Morgan fingerprint density at radius 3 is 2.85 bits per heavy atom. The molecule has 0 saturated carbocycles. The standard InChI is InChI=1S/C10H13NOS/c1-4-8(11-5-2)9-6-7-10(12-9)13-3/h4-7,11H,2H2,1,3H3/b8-4-. The molecule has 0 amide bonds. The van der Waals surface area contributed by atoms with Gasteiger partial charge in [-0.05, 0) is 31.5 Å². The van der Waals surface area contributed by atoms with Crippen LogP contribution in [-0.4, -0.2) is 6.26 Å². The maximum atomic E-state index is 5.52. The fourth-order valence-electron chi connectivity index (χ4n) is 0.981. The average Bonchev–Trinajstić information content (AvgIpc) is 2.62. The Labute approximate surface area is 82.7 Å². The molecule has 0 aliphatic rings. The Morgan fingerprint density at radius 2 is 2.38 bits per heavy atom. The summed E-state index contributed by atoms with van der Waals surface area (Å²) < 4.78 is 5.52. The summed E-state index contributed by atoms with van der Waals surface area (Å²) in [4.78, 5) is 0. The molecule has 0 radical (unpaired) electrons. The highest BCUT2D eigenvalue weighted by molar-refractivity contribution is 7.98. The van der Waals surface area contributed by atoms with Crippen LogP contribution in [0.2, 0.25) is 0 Å². The maximum Gasteiger partial charge on any atom is 0.160 e. The highest BCUT2D eigenvalue weighted by Crippen LogP contribution is 2.21. The van der Waals surface area contributed by atoms with E-state index in [0.717, 1.165) is 16.5 Å². The number of thioether (sulfide) groups is 1. The second-order valence-electron chi connectivity index (χ2n) is 2.37. The SMILES string of the molecule is C=CN/C(=C\C)c1ccc(SC)o1. The summed E-state index contributed by atoms with van der Waals surface area (Å²) in [5.41, 5.74) is 0.940. The monoisotopic (exact) mass is 195 g/mol. The van der Waals surface area contributed by atoms with Crippen LogP contribution in [0.25, 0.3) is 5.70 Å². The van der Waals surface area contributed by atoms with E-state index in [0.29, 0.717) is 0 Å². The molecule has 0 unspecified atom stereocenters. The second kappa shape index (κ2) is 4.82. The minimum atomic E-state index is 0.840. The Hall–Kier alpha value is -1.09. The molecule has 0 fully saturated rings. The fraction of sp³-hybridized carbons (Fsp3) is 0.200. The van der Waals surface area contributed by atoms with Crippen LogP contribution in [0, 0.1) is 0 Å². The molecule has 1 N–H and O–H groups in total. The first-order chi connectivity index (χ1) is 6.31. The first-order valence-electron chi connectivity index (χ1n) is 3.99. The number of nitrogens with one attached hydrogen (secondary N) is 1.